The standard InChI is InChI=1S/C20H22N4O/c1-14-18-9-8-16(12-19(18)24-23-14)22-13-15-5-4-6-17(11-15)25-20-7-2-3-10-21-20/h2-7,10-11,16,22H,8-9,12-13H2,1H3,(H,23,24). The predicted molar refractivity (Wildman–Crippen MR) is 96.7 cm³/mol. The molecule has 4 rings (SSSR count). The van der Waals surface area contributed by atoms with Crippen LogP contribution in [-0.2, 0) is 19.4 Å². The lowest BCUT2D eigenvalue weighted by molar-refractivity contribution is 0.448. The molecule has 5 heteroatoms. The summed E-state index contributed by atoms with van der Waals surface area (Å²) in [5, 5.41) is 11.2. The number of H-pyrrole nitrogens is 1. The summed E-state index contributed by atoms with van der Waals surface area (Å²) in [4.78, 5) is 4.20. The van der Waals surface area contributed by atoms with E-state index in [9.17, 15) is 0 Å². The average Bonchev–Trinajstić information content (AvgIpc) is 3.02. The van der Waals surface area contributed by atoms with Gasteiger partial charge in [-0.2, -0.15) is 5.10 Å². The van der Waals surface area contributed by atoms with Crippen LogP contribution in [0.3, 0.4) is 0 Å². The minimum absolute atomic E-state index is 0.468. The summed E-state index contributed by atoms with van der Waals surface area (Å²) >= 11 is 0. The molecule has 25 heavy (non-hydrogen) atoms. The molecule has 1 aliphatic carbocycles. The highest BCUT2D eigenvalue weighted by atomic mass is 16.5. The monoisotopic (exact) mass is 334 g/mol. The van der Waals surface area contributed by atoms with Crippen molar-refractivity contribution in [2.75, 3.05) is 0 Å². The molecule has 0 spiro atoms. The number of benzene rings is 1. The van der Waals surface area contributed by atoms with Gasteiger partial charge in [0.2, 0.25) is 5.88 Å². The summed E-state index contributed by atoms with van der Waals surface area (Å²) in [6.07, 6.45) is 4.97. The van der Waals surface area contributed by atoms with E-state index in [0.29, 0.717) is 11.9 Å². The number of nitrogens with one attached hydrogen (secondary N) is 2. The van der Waals surface area contributed by atoms with Crippen molar-refractivity contribution in [1.82, 2.24) is 20.5 Å². The number of fused-ring (bicyclic) bond motifs is 1. The van der Waals surface area contributed by atoms with Crippen LogP contribution in [0.15, 0.2) is 48.7 Å². The lowest BCUT2D eigenvalue weighted by Gasteiger charge is -2.23. The van der Waals surface area contributed by atoms with Gasteiger partial charge >= 0.3 is 0 Å². The molecule has 0 saturated carbocycles. The Labute approximate surface area is 147 Å². The van der Waals surface area contributed by atoms with Crippen molar-refractivity contribution in [3.8, 4) is 11.6 Å². The van der Waals surface area contributed by atoms with Crippen molar-refractivity contribution >= 4 is 0 Å². The second-order valence-corrected chi connectivity index (χ2v) is 6.51. The van der Waals surface area contributed by atoms with Gasteiger partial charge in [0.1, 0.15) is 5.75 Å². The number of aryl methyl sites for hydroxylation is 1. The molecule has 1 atom stereocenters. The van der Waals surface area contributed by atoms with Crippen molar-refractivity contribution in [2.45, 2.75) is 38.8 Å². The molecule has 0 bridgehead atoms. The molecule has 128 valence electrons. The smallest absolute Gasteiger partial charge is 0.219 e. The van der Waals surface area contributed by atoms with E-state index in [2.05, 4.69) is 39.6 Å². The van der Waals surface area contributed by atoms with E-state index in [1.54, 1.807) is 6.20 Å². The van der Waals surface area contributed by atoms with E-state index in [1.807, 2.05) is 30.3 Å². The molecule has 1 aromatic carbocycles. The van der Waals surface area contributed by atoms with Gasteiger partial charge in [-0.25, -0.2) is 4.98 Å². The fourth-order valence-electron chi connectivity index (χ4n) is 3.34. The van der Waals surface area contributed by atoms with E-state index < -0.39 is 0 Å². The van der Waals surface area contributed by atoms with Crippen LogP contribution in [0.4, 0.5) is 0 Å². The average molecular weight is 334 g/mol. The minimum Gasteiger partial charge on any atom is -0.439 e. The van der Waals surface area contributed by atoms with E-state index in [0.717, 1.165) is 31.6 Å². The molecule has 2 N–H and O–H groups in total. The number of hydrogen-bond acceptors (Lipinski definition) is 4. The van der Waals surface area contributed by atoms with Crippen LogP contribution in [0.5, 0.6) is 11.6 Å². The first-order chi connectivity index (χ1) is 12.3. The van der Waals surface area contributed by atoms with Crippen LogP contribution in [0.2, 0.25) is 0 Å². The molecule has 1 unspecified atom stereocenters. The van der Waals surface area contributed by atoms with Crippen molar-refractivity contribution < 1.29 is 4.74 Å². The summed E-state index contributed by atoms with van der Waals surface area (Å²) in [5.41, 5.74) is 5.04. The third kappa shape index (κ3) is 3.72. The van der Waals surface area contributed by atoms with E-state index >= 15 is 0 Å². The van der Waals surface area contributed by atoms with Crippen LogP contribution < -0.4 is 10.1 Å². The number of pyridine rings is 1. The number of aromatic amines is 1. The fraction of sp³-hybridized carbons (Fsp3) is 0.300. The predicted octanol–water partition coefficient (Wildman–Crippen LogP) is 3.55. The molecular formula is C20H22N4O. The first-order valence-electron chi connectivity index (χ1n) is 8.72. The molecule has 2 heterocycles. The Morgan fingerprint density at radius 2 is 2.20 bits per heavy atom. The SMILES string of the molecule is Cc1[nH]nc2c1CCC(NCc1cccc(Oc3ccccn3)c1)C2. The zero-order valence-corrected chi connectivity index (χ0v) is 14.3. The van der Waals surface area contributed by atoms with Crippen molar-refractivity contribution in [3.63, 3.8) is 0 Å². The van der Waals surface area contributed by atoms with Gasteiger partial charge in [-0.05, 0) is 49.1 Å². The highest BCUT2D eigenvalue weighted by Crippen LogP contribution is 2.23. The summed E-state index contributed by atoms with van der Waals surface area (Å²) in [5.74, 6) is 1.42. The zero-order valence-electron chi connectivity index (χ0n) is 14.3. The lowest BCUT2D eigenvalue weighted by Crippen LogP contribution is -2.34. The molecule has 0 fully saturated rings. The molecule has 1 aliphatic rings. The Balaban J connectivity index is 1.36. The molecule has 0 radical (unpaired) electrons. The van der Waals surface area contributed by atoms with Crippen LogP contribution in [-0.4, -0.2) is 21.2 Å². The van der Waals surface area contributed by atoms with Gasteiger partial charge < -0.3 is 10.1 Å². The first-order valence-corrected chi connectivity index (χ1v) is 8.72. The quantitative estimate of drug-likeness (QED) is 0.749. The second kappa shape index (κ2) is 7.07. The first kappa shape index (κ1) is 15.8. The number of hydrogen-bond donors (Lipinski definition) is 2. The van der Waals surface area contributed by atoms with Gasteiger partial charge in [0.05, 0.1) is 5.69 Å². The summed E-state index contributed by atoms with van der Waals surface area (Å²) in [6, 6.07) is 14.3. The van der Waals surface area contributed by atoms with Crippen LogP contribution >= 0.6 is 0 Å². The lowest BCUT2D eigenvalue weighted by atomic mass is 9.92. The fourth-order valence-corrected chi connectivity index (χ4v) is 3.34. The highest BCUT2D eigenvalue weighted by molar-refractivity contribution is 5.32. The van der Waals surface area contributed by atoms with E-state index in [4.69, 9.17) is 4.74 Å². The van der Waals surface area contributed by atoms with Crippen molar-refractivity contribution in [3.05, 3.63) is 71.2 Å². The maximum atomic E-state index is 5.81. The number of nitrogens with zero attached hydrogens (tertiary/aromatic N) is 2. The Kier molecular flexibility index (Phi) is 4.48. The Morgan fingerprint density at radius 1 is 1.24 bits per heavy atom. The third-order valence-electron chi connectivity index (χ3n) is 4.70. The Morgan fingerprint density at radius 3 is 3.08 bits per heavy atom. The Hall–Kier alpha value is -2.66. The molecule has 2 aromatic heterocycles. The largest absolute Gasteiger partial charge is 0.439 e. The molecular weight excluding hydrogens is 312 g/mol. The Bertz CT molecular complexity index is 844. The molecule has 0 aliphatic heterocycles. The highest BCUT2D eigenvalue weighted by Gasteiger charge is 2.21. The summed E-state index contributed by atoms with van der Waals surface area (Å²) in [6.45, 7) is 2.93. The van der Waals surface area contributed by atoms with Gasteiger partial charge in [-0.1, -0.05) is 18.2 Å². The van der Waals surface area contributed by atoms with Crippen molar-refractivity contribution in [1.29, 1.82) is 0 Å². The minimum atomic E-state index is 0.468. The maximum absolute atomic E-state index is 5.81. The summed E-state index contributed by atoms with van der Waals surface area (Å²) < 4.78 is 5.81. The molecule has 0 saturated heterocycles. The zero-order chi connectivity index (χ0) is 17.1. The van der Waals surface area contributed by atoms with E-state index in [-0.39, 0.29) is 0 Å². The van der Waals surface area contributed by atoms with Gasteiger partial charge in [0.15, 0.2) is 0 Å². The van der Waals surface area contributed by atoms with E-state index in [1.165, 1.54) is 22.5 Å². The van der Waals surface area contributed by atoms with Crippen molar-refractivity contribution in [2.24, 2.45) is 0 Å². The third-order valence-corrected chi connectivity index (χ3v) is 4.70. The molecule has 3 aromatic rings. The topological polar surface area (TPSA) is 62.8 Å². The molecule has 5 nitrogen and oxygen atoms in total. The van der Waals surface area contributed by atoms with Gasteiger partial charge in [0, 0.05) is 37.0 Å². The van der Waals surface area contributed by atoms with Gasteiger partial charge in [-0.15, -0.1) is 0 Å². The molecule has 0 amide bonds. The normalized spacial score (nSPS) is 16.4. The maximum Gasteiger partial charge on any atom is 0.219 e. The number of aromatic nitrogens is 3. The van der Waals surface area contributed by atoms with Crippen LogP contribution in [0.1, 0.15) is 28.9 Å². The number of ether oxygens (including phenoxy) is 1. The van der Waals surface area contributed by atoms with Gasteiger partial charge in [0.25, 0.3) is 0 Å². The van der Waals surface area contributed by atoms with Crippen LogP contribution in [0, 0.1) is 6.92 Å². The summed E-state index contributed by atoms with van der Waals surface area (Å²) in [7, 11) is 0. The second-order valence-electron chi connectivity index (χ2n) is 6.51. The number of rotatable bonds is 5. The van der Waals surface area contributed by atoms with Crippen LogP contribution in [0.25, 0.3) is 0 Å². The van der Waals surface area contributed by atoms with Gasteiger partial charge in [-0.3, -0.25) is 5.10 Å².